The number of aryl methyl sites for hydroxylation is 1. The molecule has 6 nitrogen and oxygen atoms in total. The third kappa shape index (κ3) is 4.04. The van der Waals surface area contributed by atoms with Gasteiger partial charge in [0.2, 0.25) is 0 Å². The normalized spacial score (nSPS) is 9.81. The smallest absolute Gasteiger partial charge is 0.315 e. The Balaban J connectivity index is 1.97. The molecule has 0 unspecified atom stereocenters. The number of methoxy groups -OCH3 is 1. The van der Waals surface area contributed by atoms with Gasteiger partial charge in [-0.1, -0.05) is 6.07 Å². The van der Waals surface area contributed by atoms with Crippen LogP contribution in [0.25, 0.3) is 0 Å². The second-order valence-electron chi connectivity index (χ2n) is 4.30. The van der Waals surface area contributed by atoms with Gasteiger partial charge in [-0.05, 0) is 43.3 Å². The lowest BCUT2D eigenvalue weighted by atomic mass is 10.3. The van der Waals surface area contributed by atoms with E-state index in [1.165, 1.54) is 0 Å². The zero-order valence-corrected chi connectivity index (χ0v) is 11.7. The lowest BCUT2D eigenvalue weighted by Gasteiger charge is -2.07. The highest BCUT2D eigenvalue weighted by Gasteiger charge is 2.14. The molecular weight excluding hydrogens is 270 g/mol. The summed E-state index contributed by atoms with van der Waals surface area (Å²) in [7, 11) is 1.55. The monoisotopic (exact) mass is 285 g/mol. The summed E-state index contributed by atoms with van der Waals surface area (Å²) in [5.41, 5.74) is 1.26. The van der Waals surface area contributed by atoms with E-state index < -0.39 is 11.8 Å². The van der Waals surface area contributed by atoms with Gasteiger partial charge in [0.05, 0.1) is 7.11 Å². The Hall–Kier alpha value is -2.89. The molecule has 108 valence electrons. The lowest BCUT2D eigenvalue weighted by Crippen LogP contribution is -2.29. The summed E-state index contributed by atoms with van der Waals surface area (Å²) < 4.78 is 5.01. The van der Waals surface area contributed by atoms with Crippen LogP contribution in [0.15, 0.2) is 42.5 Å². The third-order valence-electron chi connectivity index (χ3n) is 2.68. The van der Waals surface area contributed by atoms with E-state index in [0.717, 1.165) is 5.69 Å². The number of aromatic nitrogens is 1. The van der Waals surface area contributed by atoms with Crippen molar-refractivity contribution in [1.82, 2.24) is 4.98 Å². The van der Waals surface area contributed by atoms with Crippen molar-refractivity contribution in [2.24, 2.45) is 0 Å². The molecule has 0 radical (unpaired) electrons. The number of pyridine rings is 1. The first-order valence-electron chi connectivity index (χ1n) is 6.28. The Labute approximate surface area is 122 Å². The van der Waals surface area contributed by atoms with E-state index in [1.54, 1.807) is 56.5 Å². The van der Waals surface area contributed by atoms with Crippen molar-refractivity contribution < 1.29 is 14.3 Å². The average molecular weight is 285 g/mol. The van der Waals surface area contributed by atoms with Gasteiger partial charge in [0.25, 0.3) is 0 Å². The molecule has 0 saturated heterocycles. The summed E-state index contributed by atoms with van der Waals surface area (Å²) in [5, 5.41) is 4.93. The quantitative estimate of drug-likeness (QED) is 0.845. The zero-order chi connectivity index (χ0) is 15.2. The molecule has 1 heterocycles. The number of rotatable bonds is 3. The summed E-state index contributed by atoms with van der Waals surface area (Å²) in [6, 6.07) is 11.8. The van der Waals surface area contributed by atoms with Gasteiger partial charge in [0.1, 0.15) is 11.6 Å². The number of hydrogen-bond donors (Lipinski definition) is 2. The number of nitrogens with one attached hydrogen (secondary N) is 2. The Kier molecular flexibility index (Phi) is 4.50. The van der Waals surface area contributed by atoms with Gasteiger partial charge in [0.15, 0.2) is 0 Å². The Morgan fingerprint density at radius 3 is 2.29 bits per heavy atom. The van der Waals surface area contributed by atoms with Crippen LogP contribution in [0, 0.1) is 6.92 Å². The highest BCUT2D eigenvalue weighted by Crippen LogP contribution is 2.15. The molecule has 21 heavy (non-hydrogen) atoms. The molecule has 2 rings (SSSR count). The van der Waals surface area contributed by atoms with E-state index in [9.17, 15) is 9.59 Å². The highest BCUT2D eigenvalue weighted by molar-refractivity contribution is 6.43. The van der Waals surface area contributed by atoms with Crippen molar-refractivity contribution in [3.63, 3.8) is 0 Å². The first kappa shape index (κ1) is 14.5. The predicted octanol–water partition coefficient (Wildman–Crippen LogP) is 1.98. The van der Waals surface area contributed by atoms with E-state index in [0.29, 0.717) is 17.3 Å². The molecule has 0 atom stereocenters. The number of hydrogen-bond acceptors (Lipinski definition) is 4. The second-order valence-corrected chi connectivity index (χ2v) is 4.30. The van der Waals surface area contributed by atoms with Gasteiger partial charge in [-0.2, -0.15) is 0 Å². The van der Waals surface area contributed by atoms with Crippen LogP contribution in [-0.4, -0.2) is 23.9 Å². The molecular formula is C15H15N3O3. The largest absolute Gasteiger partial charge is 0.497 e. The molecule has 0 bridgehead atoms. The van der Waals surface area contributed by atoms with E-state index in [2.05, 4.69) is 15.6 Å². The zero-order valence-electron chi connectivity index (χ0n) is 11.7. The fraction of sp³-hybridized carbons (Fsp3) is 0.133. The molecule has 2 N–H and O–H groups in total. The molecule has 0 saturated carbocycles. The fourth-order valence-electron chi connectivity index (χ4n) is 1.65. The fourth-order valence-corrected chi connectivity index (χ4v) is 1.65. The van der Waals surface area contributed by atoms with Crippen molar-refractivity contribution in [2.45, 2.75) is 6.92 Å². The number of carbonyl (C=O) groups excluding carboxylic acids is 2. The van der Waals surface area contributed by atoms with Crippen molar-refractivity contribution in [3.05, 3.63) is 48.2 Å². The minimum absolute atomic E-state index is 0.338. The van der Waals surface area contributed by atoms with Crippen LogP contribution in [0.5, 0.6) is 5.75 Å². The molecule has 0 aliphatic carbocycles. The van der Waals surface area contributed by atoms with Crippen molar-refractivity contribution >= 4 is 23.3 Å². The Morgan fingerprint density at radius 2 is 1.67 bits per heavy atom. The molecule has 2 amide bonds. The first-order valence-corrected chi connectivity index (χ1v) is 6.28. The summed E-state index contributed by atoms with van der Waals surface area (Å²) >= 11 is 0. The minimum Gasteiger partial charge on any atom is -0.497 e. The maximum atomic E-state index is 11.8. The topological polar surface area (TPSA) is 80.3 Å². The first-order chi connectivity index (χ1) is 10.1. The number of carbonyl (C=O) groups is 2. The molecule has 2 aromatic rings. The maximum Gasteiger partial charge on any atom is 0.315 e. The van der Waals surface area contributed by atoms with E-state index >= 15 is 0 Å². The number of benzene rings is 1. The van der Waals surface area contributed by atoms with Crippen LogP contribution < -0.4 is 15.4 Å². The van der Waals surface area contributed by atoms with Gasteiger partial charge in [-0.3, -0.25) is 9.59 Å². The molecule has 0 aliphatic rings. The average Bonchev–Trinajstić information content (AvgIpc) is 2.48. The van der Waals surface area contributed by atoms with Crippen LogP contribution in [0.2, 0.25) is 0 Å². The van der Waals surface area contributed by atoms with E-state index in [4.69, 9.17) is 4.74 Å². The van der Waals surface area contributed by atoms with Gasteiger partial charge in [-0.15, -0.1) is 0 Å². The van der Waals surface area contributed by atoms with Crippen LogP contribution in [0.4, 0.5) is 11.5 Å². The van der Waals surface area contributed by atoms with Crippen molar-refractivity contribution in [2.75, 3.05) is 17.7 Å². The third-order valence-corrected chi connectivity index (χ3v) is 2.68. The van der Waals surface area contributed by atoms with Gasteiger partial charge < -0.3 is 15.4 Å². The van der Waals surface area contributed by atoms with Crippen LogP contribution in [0.1, 0.15) is 5.69 Å². The SMILES string of the molecule is COc1ccc(NC(=O)C(=O)Nc2cccc(C)n2)cc1. The summed E-state index contributed by atoms with van der Waals surface area (Å²) in [5.74, 6) is -0.529. The summed E-state index contributed by atoms with van der Waals surface area (Å²) in [6.07, 6.45) is 0. The van der Waals surface area contributed by atoms with Gasteiger partial charge in [-0.25, -0.2) is 4.98 Å². The van der Waals surface area contributed by atoms with Crippen LogP contribution in [-0.2, 0) is 9.59 Å². The van der Waals surface area contributed by atoms with Crippen molar-refractivity contribution in [3.8, 4) is 5.75 Å². The molecule has 6 heteroatoms. The maximum absolute atomic E-state index is 11.8. The standard InChI is InChI=1S/C15H15N3O3/c1-10-4-3-5-13(16-10)18-15(20)14(19)17-11-6-8-12(21-2)9-7-11/h3-9H,1-2H3,(H,17,19)(H,16,18,20). The number of anilines is 2. The van der Waals surface area contributed by atoms with E-state index in [1.807, 2.05) is 0 Å². The van der Waals surface area contributed by atoms with Crippen LogP contribution in [0.3, 0.4) is 0 Å². The molecule has 0 fully saturated rings. The number of ether oxygens (including phenoxy) is 1. The highest BCUT2D eigenvalue weighted by atomic mass is 16.5. The van der Waals surface area contributed by atoms with E-state index in [-0.39, 0.29) is 0 Å². The minimum atomic E-state index is -0.774. The molecule has 1 aromatic heterocycles. The lowest BCUT2D eigenvalue weighted by molar-refractivity contribution is -0.133. The summed E-state index contributed by atoms with van der Waals surface area (Å²) in [6.45, 7) is 1.80. The van der Waals surface area contributed by atoms with Crippen molar-refractivity contribution in [1.29, 1.82) is 0 Å². The Bertz CT molecular complexity index is 653. The second kappa shape index (κ2) is 6.51. The Morgan fingerprint density at radius 1 is 1.00 bits per heavy atom. The predicted molar refractivity (Wildman–Crippen MR) is 79.2 cm³/mol. The van der Waals surface area contributed by atoms with Gasteiger partial charge >= 0.3 is 11.8 Å². The summed E-state index contributed by atoms with van der Waals surface area (Å²) in [4.78, 5) is 27.6. The molecule has 1 aromatic carbocycles. The van der Waals surface area contributed by atoms with Crippen LogP contribution >= 0.6 is 0 Å². The molecule has 0 aliphatic heterocycles. The van der Waals surface area contributed by atoms with Gasteiger partial charge in [0, 0.05) is 11.4 Å². The number of nitrogens with zero attached hydrogens (tertiary/aromatic N) is 1. The number of amides is 2. The molecule has 0 spiro atoms.